The monoisotopic (exact) mass is 249 g/mol. The largest absolute Gasteiger partial charge is 0.277 e. The Kier molecular flexibility index (Phi) is 2.97. The molecule has 0 heterocycles. The van der Waals surface area contributed by atoms with E-state index in [0.717, 1.165) is 17.8 Å². The molecule has 3 heteroatoms. The summed E-state index contributed by atoms with van der Waals surface area (Å²) in [5.74, 6) is 2.64. The second kappa shape index (κ2) is 4.37. The molecule has 100 valence electrons. The molecule has 1 N–H and O–H groups in total. The molecular weight excluding hydrogens is 226 g/mol. The van der Waals surface area contributed by atoms with Gasteiger partial charge in [-0.25, -0.2) is 5.48 Å². The van der Waals surface area contributed by atoms with E-state index in [9.17, 15) is 4.79 Å². The standard InChI is InChI=1S/C15H23NO2/c1-10(3-14(17)16-18-2)15-7-11-4-12(8-15)6-13(5-11)9-15/h3,11-13H,4-9H2,1-2H3,(H,16,17)/b10-3+. The van der Waals surface area contributed by atoms with Crippen LogP contribution in [0, 0.1) is 23.2 Å². The first kappa shape index (κ1) is 12.2. The van der Waals surface area contributed by atoms with Gasteiger partial charge in [-0.2, -0.15) is 0 Å². The second-order valence-electron chi connectivity index (χ2n) is 6.70. The Labute approximate surface area is 109 Å². The zero-order valence-electron chi connectivity index (χ0n) is 11.4. The van der Waals surface area contributed by atoms with Crippen LogP contribution in [0.2, 0.25) is 0 Å². The first-order valence-corrected chi connectivity index (χ1v) is 7.13. The lowest BCUT2D eigenvalue weighted by Crippen LogP contribution is -2.46. The van der Waals surface area contributed by atoms with E-state index in [1.807, 2.05) is 0 Å². The quantitative estimate of drug-likeness (QED) is 0.617. The van der Waals surface area contributed by atoms with Crippen LogP contribution in [0.3, 0.4) is 0 Å². The van der Waals surface area contributed by atoms with Crippen molar-refractivity contribution in [2.45, 2.75) is 45.4 Å². The normalized spacial score (nSPS) is 42.1. The van der Waals surface area contributed by atoms with Crippen LogP contribution in [0.4, 0.5) is 0 Å². The van der Waals surface area contributed by atoms with E-state index >= 15 is 0 Å². The highest BCUT2D eigenvalue weighted by molar-refractivity contribution is 5.87. The molecule has 0 aromatic heterocycles. The summed E-state index contributed by atoms with van der Waals surface area (Å²) in [4.78, 5) is 16.3. The van der Waals surface area contributed by atoms with Crippen molar-refractivity contribution in [2.75, 3.05) is 7.11 Å². The lowest BCUT2D eigenvalue weighted by Gasteiger charge is -2.57. The average molecular weight is 249 g/mol. The number of allylic oxidation sites excluding steroid dienone is 1. The van der Waals surface area contributed by atoms with Crippen molar-refractivity contribution < 1.29 is 9.63 Å². The summed E-state index contributed by atoms with van der Waals surface area (Å²) < 4.78 is 0. The van der Waals surface area contributed by atoms with Crippen molar-refractivity contribution in [2.24, 2.45) is 23.2 Å². The van der Waals surface area contributed by atoms with Gasteiger partial charge in [-0.05, 0) is 68.6 Å². The number of carbonyl (C=O) groups excluding carboxylic acids is 1. The van der Waals surface area contributed by atoms with E-state index < -0.39 is 0 Å². The third-order valence-electron chi connectivity index (χ3n) is 5.43. The van der Waals surface area contributed by atoms with E-state index in [4.69, 9.17) is 0 Å². The lowest BCUT2D eigenvalue weighted by molar-refractivity contribution is -0.126. The number of rotatable bonds is 3. The van der Waals surface area contributed by atoms with Crippen LogP contribution in [0.1, 0.15) is 45.4 Å². The van der Waals surface area contributed by atoms with Crippen LogP contribution < -0.4 is 5.48 Å². The Balaban J connectivity index is 1.80. The summed E-state index contributed by atoms with van der Waals surface area (Å²) in [6, 6.07) is 0. The zero-order valence-corrected chi connectivity index (χ0v) is 11.4. The van der Waals surface area contributed by atoms with Gasteiger partial charge in [0.1, 0.15) is 0 Å². The Morgan fingerprint density at radius 3 is 2.11 bits per heavy atom. The fourth-order valence-corrected chi connectivity index (χ4v) is 5.07. The minimum absolute atomic E-state index is 0.120. The molecule has 0 saturated heterocycles. The summed E-state index contributed by atoms with van der Waals surface area (Å²) in [6.45, 7) is 2.14. The third-order valence-corrected chi connectivity index (χ3v) is 5.43. The molecule has 1 amide bonds. The molecule has 0 aromatic rings. The van der Waals surface area contributed by atoms with Crippen molar-refractivity contribution in [3.05, 3.63) is 11.6 Å². The average Bonchev–Trinajstić information content (AvgIpc) is 2.27. The highest BCUT2D eigenvalue weighted by atomic mass is 16.6. The van der Waals surface area contributed by atoms with Crippen LogP contribution in [0.5, 0.6) is 0 Å². The number of amides is 1. The summed E-state index contributed by atoms with van der Waals surface area (Å²) >= 11 is 0. The number of hydrogen-bond acceptors (Lipinski definition) is 2. The van der Waals surface area contributed by atoms with Crippen molar-refractivity contribution in [1.82, 2.24) is 5.48 Å². The molecule has 4 aliphatic carbocycles. The van der Waals surface area contributed by atoms with E-state index in [2.05, 4.69) is 17.2 Å². The highest BCUT2D eigenvalue weighted by Gasteiger charge is 2.51. The van der Waals surface area contributed by atoms with Gasteiger partial charge in [0.15, 0.2) is 0 Å². The fourth-order valence-electron chi connectivity index (χ4n) is 5.07. The fraction of sp³-hybridized carbons (Fsp3) is 0.800. The molecule has 0 radical (unpaired) electrons. The Hall–Kier alpha value is -0.830. The number of carbonyl (C=O) groups is 1. The van der Waals surface area contributed by atoms with Crippen molar-refractivity contribution in [3.63, 3.8) is 0 Å². The summed E-state index contributed by atoms with van der Waals surface area (Å²) in [7, 11) is 1.48. The van der Waals surface area contributed by atoms with E-state index in [-0.39, 0.29) is 5.91 Å². The number of hydroxylamine groups is 1. The van der Waals surface area contributed by atoms with Gasteiger partial charge in [-0.3, -0.25) is 9.63 Å². The van der Waals surface area contributed by atoms with Crippen LogP contribution >= 0.6 is 0 Å². The topological polar surface area (TPSA) is 38.3 Å². The van der Waals surface area contributed by atoms with E-state index in [0.29, 0.717) is 5.41 Å². The minimum atomic E-state index is -0.120. The second-order valence-corrected chi connectivity index (χ2v) is 6.70. The molecule has 18 heavy (non-hydrogen) atoms. The Bertz CT molecular complexity index is 351. The van der Waals surface area contributed by atoms with Gasteiger partial charge in [0, 0.05) is 6.08 Å². The van der Waals surface area contributed by atoms with Crippen molar-refractivity contribution in [1.29, 1.82) is 0 Å². The highest BCUT2D eigenvalue weighted by Crippen LogP contribution is 2.62. The first-order chi connectivity index (χ1) is 8.61. The predicted molar refractivity (Wildman–Crippen MR) is 69.5 cm³/mol. The SMILES string of the molecule is CONC(=O)/C=C(\C)C12CC3CC(CC(C3)C1)C2. The molecule has 4 saturated carbocycles. The van der Waals surface area contributed by atoms with Gasteiger partial charge < -0.3 is 0 Å². The van der Waals surface area contributed by atoms with Gasteiger partial charge in [0.2, 0.25) is 0 Å². The Morgan fingerprint density at radius 1 is 1.17 bits per heavy atom. The third kappa shape index (κ3) is 1.99. The molecular formula is C15H23NO2. The lowest BCUT2D eigenvalue weighted by atomic mass is 9.48. The van der Waals surface area contributed by atoms with Gasteiger partial charge in [0.25, 0.3) is 5.91 Å². The molecule has 0 unspecified atom stereocenters. The maximum absolute atomic E-state index is 11.6. The van der Waals surface area contributed by atoms with Crippen molar-refractivity contribution >= 4 is 5.91 Å². The number of hydrogen-bond donors (Lipinski definition) is 1. The van der Waals surface area contributed by atoms with Gasteiger partial charge in [-0.15, -0.1) is 0 Å². The Morgan fingerprint density at radius 2 is 1.67 bits per heavy atom. The molecule has 0 atom stereocenters. The summed E-state index contributed by atoms with van der Waals surface area (Å²) in [5, 5.41) is 0. The van der Waals surface area contributed by atoms with Crippen LogP contribution in [-0.2, 0) is 9.63 Å². The zero-order chi connectivity index (χ0) is 12.8. The molecule has 0 aliphatic heterocycles. The minimum Gasteiger partial charge on any atom is -0.277 e. The molecule has 4 fully saturated rings. The summed E-state index contributed by atoms with van der Waals surface area (Å²) in [6.07, 6.45) is 10.0. The van der Waals surface area contributed by atoms with Crippen LogP contribution in [0.25, 0.3) is 0 Å². The molecule has 4 rings (SSSR count). The molecule has 0 spiro atoms. The predicted octanol–water partition coefficient (Wildman–Crippen LogP) is 2.83. The maximum Gasteiger partial charge on any atom is 0.267 e. The van der Waals surface area contributed by atoms with Crippen LogP contribution in [0.15, 0.2) is 11.6 Å². The van der Waals surface area contributed by atoms with Crippen molar-refractivity contribution in [3.8, 4) is 0 Å². The van der Waals surface area contributed by atoms with Gasteiger partial charge in [-0.1, -0.05) is 5.57 Å². The summed E-state index contributed by atoms with van der Waals surface area (Å²) in [5.41, 5.74) is 4.00. The molecule has 0 aromatic carbocycles. The van der Waals surface area contributed by atoms with E-state index in [1.54, 1.807) is 6.08 Å². The maximum atomic E-state index is 11.6. The number of nitrogens with one attached hydrogen (secondary N) is 1. The smallest absolute Gasteiger partial charge is 0.267 e. The van der Waals surface area contributed by atoms with Gasteiger partial charge >= 0.3 is 0 Å². The van der Waals surface area contributed by atoms with Gasteiger partial charge in [0.05, 0.1) is 7.11 Å². The molecule has 3 nitrogen and oxygen atoms in total. The van der Waals surface area contributed by atoms with E-state index in [1.165, 1.54) is 51.2 Å². The van der Waals surface area contributed by atoms with Crippen LogP contribution in [-0.4, -0.2) is 13.0 Å². The first-order valence-electron chi connectivity index (χ1n) is 7.13. The molecule has 4 aliphatic rings. The molecule has 4 bridgehead atoms.